The maximum Gasteiger partial charge on any atom is 0.222 e. The van der Waals surface area contributed by atoms with Crippen LogP contribution in [0.4, 0.5) is 0 Å². The maximum absolute atomic E-state index is 9.87. The molecular formula is C26H25N5O2. The Morgan fingerprint density at radius 2 is 1.94 bits per heavy atom. The van der Waals surface area contributed by atoms with Crippen molar-refractivity contribution in [3.8, 4) is 23.8 Å². The maximum atomic E-state index is 9.87. The number of nitriles is 2. The highest BCUT2D eigenvalue weighted by Crippen LogP contribution is 2.30. The highest BCUT2D eigenvalue weighted by atomic mass is 16.5. The lowest BCUT2D eigenvalue weighted by atomic mass is 10.1. The van der Waals surface area contributed by atoms with Crippen molar-refractivity contribution in [1.29, 1.82) is 10.5 Å². The first kappa shape index (κ1) is 22.0. The topological polar surface area (TPSA) is 104 Å². The molecular weight excluding hydrogens is 414 g/mol. The number of ether oxygens (including phenoxy) is 1. The third-order valence-corrected chi connectivity index (χ3v) is 5.65. The van der Waals surface area contributed by atoms with Crippen molar-refractivity contribution in [3.63, 3.8) is 0 Å². The number of nitrogens with zero attached hydrogens (tertiary/aromatic N) is 4. The number of rotatable bonds is 5. The fraction of sp³-hybridized carbons (Fsp3) is 0.269. The minimum atomic E-state index is 0.0675. The van der Waals surface area contributed by atoms with E-state index in [0.29, 0.717) is 28.6 Å². The van der Waals surface area contributed by atoms with Gasteiger partial charge in [0.1, 0.15) is 35.0 Å². The number of benzene rings is 1. The van der Waals surface area contributed by atoms with Crippen LogP contribution in [0.2, 0.25) is 0 Å². The smallest absolute Gasteiger partial charge is 0.222 e. The SMILES string of the molecule is Cc1oc(-n2c(C)cc(/C=C(\C#N)c3nc4ccc(OC(C)C)cc4[nH]3)c2C)c(C#N)c1C. The number of allylic oxidation sites excluding steroid dienone is 1. The zero-order valence-corrected chi connectivity index (χ0v) is 19.6. The largest absolute Gasteiger partial charge is 0.491 e. The van der Waals surface area contributed by atoms with Crippen molar-refractivity contribution >= 4 is 22.7 Å². The molecule has 0 atom stereocenters. The first-order valence-corrected chi connectivity index (χ1v) is 10.7. The van der Waals surface area contributed by atoms with Gasteiger partial charge in [0, 0.05) is 23.0 Å². The van der Waals surface area contributed by atoms with Gasteiger partial charge in [-0.05, 0) is 71.4 Å². The van der Waals surface area contributed by atoms with E-state index in [0.717, 1.165) is 39.3 Å². The molecule has 7 heteroatoms. The van der Waals surface area contributed by atoms with Gasteiger partial charge in [0.05, 0.1) is 22.7 Å². The van der Waals surface area contributed by atoms with E-state index in [9.17, 15) is 10.5 Å². The number of furan rings is 1. The third kappa shape index (κ3) is 3.90. The van der Waals surface area contributed by atoms with Crippen molar-refractivity contribution in [2.45, 2.75) is 47.6 Å². The highest BCUT2D eigenvalue weighted by Gasteiger charge is 2.20. The number of aromatic nitrogens is 3. The Kier molecular flexibility index (Phi) is 5.57. The van der Waals surface area contributed by atoms with Gasteiger partial charge < -0.3 is 14.1 Å². The second kappa shape index (κ2) is 8.37. The monoisotopic (exact) mass is 439 g/mol. The number of nitrogens with one attached hydrogen (secondary N) is 1. The van der Waals surface area contributed by atoms with E-state index in [4.69, 9.17) is 9.15 Å². The van der Waals surface area contributed by atoms with Crippen LogP contribution in [-0.4, -0.2) is 20.6 Å². The predicted molar refractivity (Wildman–Crippen MR) is 127 cm³/mol. The molecule has 1 aromatic carbocycles. The molecule has 3 heterocycles. The van der Waals surface area contributed by atoms with Crippen LogP contribution in [-0.2, 0) is 0 Å². The molecule has 0 spiro atoms. The average Bonchev–Trinajstić information content (AvgIpc) is 3.39. The van der Waals surface area contributed by atoms with Crippen molar-refractivity contribution in [1.82, 2.24) is 14.5 Å². The number of hydrogen-bond acceptors (Lipinski definition) is 5. The lowest BCUT2D eigenvalue weighted by molar-refractivity contribution is 0.242. The molecule has 7 nitrogen and oxygen atoms in total. The van der Waals surface area contributed by atoms with Gasteiger partial charge in [-0.3, -0.25) is 4.57 Å². The summed E-state index contributed by atoms with van der Waals surface area (Å²) in [6, 6.07) is 12.1. The van der Waals surface area contributed by atoms with Gasteiger partial charge in [-0.25, -0.2) is 4.98 Å². The zero-order valence-electron chi connectivity index (χ0n) is 19.6. The first-order valence-electron chi connectivity index (χ1n) is 10.7. The Bertz CT molecular complexity index is 1480. The molecule has 1 N–H and O–H groups in total. The van der Waals surface area contributed by atoms with Crippen molar-refractivity contribution < 1.29 is 9.15 Å². The molecule has 0 aliphatic rings. The normalized spacial score (nSPS) is 11.7. The minimum absolute atomic E-state index is 0.0675. The van der Waals surface area contributed by atoms with Crippen LogP contribution in [0.5, 0.6) is 5.75 Å². The van der Waals surface area contributed by atoms with E-state index >= 15 is 0 Å². The van der Waals surface area contributed by atoms with Crippen molar-refractivity contribution in [3.05, 3.63) is 63.9 Å². The molecule has 0 aliphatic carbocycles. The van der Waals surface area contributed by atoms with Gasteiger partial charge in [-0.15, -0.1) is 0 Å². The molecule has 0 radical (unpaired) electrons. The van der Waals surface area contributed by atoms with Crippen molar-refractivity contribution in [2.24, 2.45) is 0 Å². The van der Waals surface area contributed by atoms with E-state index in [1.165, 1.54) is 0 Å². The molecule has 4 rings (SSSR count). The number of fused-ring (bicyclic) bond motifs is 1. The summed E-state index contributed by atoms with van der Waals surface area (Å²) in [6.45, 7) is 11.6. The Morgan fingerprint density at radius 3 is 2.61 bits per heavy atom. The summed E-state index contributed by atoms with van der Waals surface area (Å²) < 4.78 is 13.6. The highest BCUT2D eigenvalue weighted by molar-refractivity contribution is 5.91. The number of H-pyrrole nitrogens is 1. The summed E-state index contributed by atoms with van der Waals surface area (Å²) in [5, 5.41) is 19.5. The van der Waals surface area contributed by atoms with Crippen LogP contribution in [0.25, 0.3) is 28.6 Å². The minimum Gasteiger partial charge on any atom is -0.491 e. The zero-order chi connectivity index (χ0) is 23.9. The first-order chi connectivity index (χ1) is 15.7. The molecule has 0 fully saturated rings. The summed E-state index contributed by atoms with van der Waals surface area (Å²) in [6.07, 6.45) is 1.87. The van der Waals surface area contributed by atoms with Crippen LogP contribution in [0, 0.1) is 50.4 Å². The molecule has 0 saturated carbocycles. The summed E-state index contributed by atoms with van der Waals surface area (Å²) in [5.41, 5.74) is 5.94. The van der Waals surface area contributed by atoms with Gasteiger partial charge in [0.2, 0.25) is 5.88 Å². The fourth-order valence-electron chi connectivity index (χ4n) is 3.92. The summed E-state index contributed by atoms with van der Waals surface area (Å²) in [7, 11) is 0. The van der Waals surface area contributed by atoms with Gasteiger partial charge in [-0.2, -0.15) is 10.5 Å². The molecule has 4 aromatic rings. The second-order valence-corrected chi connectivity index (χ2v) is 8.34. The molecule has 33 heavy (non-hydrogen) atoms. The van der Waals surface area contributed by atoms with Gasteiger partial charge in [0.15, 0.2) is 0 Å². The lowest BCUT2D eigenvalue weighted by Crippen LogP contribution is -2.05. The molecule has 0 unspecified atom stereocenters. The summed E-state index contributed by atoms with van der Waals surface area (Å²) >= 11 is 0. The lowest BCUT2D eigenvalue weighted by Gasteiger charge is -2.08. The molecule has 0 aliphatic heterocycles. The average molecular weight is 440 g/mol. The number of aryl methyl sites for hydroxylation is 2. The Balaban J connectivity index is 1.77. The number of imidazole rings is 1. The second-order valence-electron chi connectivity index (χ2n) is 8.34. The van der Waals surface area contributed by atoms with E-state index in [1.807, 2.05) is 70.4 Å². The number of hydrogen-bond donors (Lipinski definition) is 1. The Labute approximate surface area is 192 Å². The van der Waals surface area contributed by atoms with E-state index in [1.54, 1.807) is 6.08 Å². The van der Waals surface area contributed by atoms with Crippen molar-refractivity contribution in [2.75, 3.05) is 0 Å². The standard InChI is InChI=1S/C26H25N5O2/c1-14(2)32-21-7-8-23-24(11-21)30-25(29-23)20(12-27)10-19-9-15(3)31(17(19)5)26-22(13-28)16(4)18(6)33-26/h7-11,14H,1-6H3,(H,29,30)/b20-10+. The Morgan fingerprint density at radius 1 is 1.18 bits per heavy atom. The molecule has 3 aromatic heterocycles. The summed E-state index contributed by atoms with van der Waals surface area (Å²) in [5.74, 6) is 2.45. The fourth-order valence-corrected chi connectivity index (χ4v) is 3.92. The molecule has 0 amide bonds. The van der Waals surface area contributed by atoms with Crippen LogP contribution >= 0.6 is 0 Å². The van der Waals surface area contributed by atoms with E-state index in [2.05, 4.69) is 22.1 Å². The van der Waals surface area contributed by atoms with Crippen LogP contribution in [0.1, 0.15) is 53.5 Å². The quantitative estimate of drug-likeness (QED) is 0.390. The van der Waals surface area contributed by atoms with Gasteiger partial charge in [-0.1, -0.05) is 0 Å². The van der Waals surface area contributed by atoms with Crippen LogP contribution < -0.4 is 4.74 Å². The number of aromatic amines is 1. The van der Waals surface area contributed by atoms with Crippen LogP contribution in [0.3, 0.4) is 0 Å². The van der Waals surface area contributed by atoms with E-state index in [-0.39, 0.29) is 6.10 Å². The van der Waals surface area contributed by atoms with Gasteiger partial charge >= 0.3 is 0 Å². The van der Waals surface area contributed by atoms with E-state index < -0.39 is 0 Å². The predicted octanol–water partition coefficient (Wildman–Crippen LogP) is 5.90. The van der Waals surface area contributed by atoms with Gasteiger partial charge in [0.25, 0.3) is 0 Å². The molecule has 0 bridgehead atoms. The molecule has 0 saturated heterocycles. The third-order valence-electron chi connectivity index (χ3n) is 5.65. The Hall–Kier alpha value is -4.23. The van der Waals surface area contributed by atoms with Crippen LogP contribution in [0.15, 0.2) is 28.7 Å². The molecule has 166 valence electrons. The summed E-state index contributed by atoms with van der Waals surface area (Å²) in [4.78, 5) is 7.82.